The van der Waals surface area contributed by atoms with E-state index in [1.165, 1.54) is 0 Å². The molecule has 0 atom stereocenters. The summed E-state index contributed by atoms with van der Waals surface area (Å²) in [6.45, 7) is 1.10. The lowest BCUT2D eigenvalue weighted by Crippen LogP contribution is -2.05. The van der Waals surface area contributed by atoms with Crippen molar-refractivity contribution in [2.45, 2.75) is 13.1 Å². The number of hydrogen-bond acceptors (Lipinski definition) is 3. The standard InChI is InChI=1S/C12H14BrN3O/c1-17-12-10(6-14)7-15-16(12)8-9-3-2-4-11(13)5-9/h2-5,7H,6,8,14H2,1H3. The van der Waals surface area contributed by atoms with Crippen LogP contribution in [-0.4, -0.2) is 16.9 Å². The molecule has 0 unspecified atom stereocenters. The molecule has 0 bridgehead atoms. The van der Waals surface area contributed by atoms with Gasteiger partial charge in [-0.05, 0) is 17.7 Å². The van der Waals surface area contributed by atoms with E-state index in [1.807, 2.05) is 22.9 Å². The van der Waals surface area contributed by atoms with Crippen molar-refractivity contribution in [1.29, 1.82) is 0 Å². The van der Waals surface area contributed by atoms with Crippen LogP contribution in [0.3, 0.4) is 0 Å². The quantitative estimate of drug-likeness (QED) is 0.940. The first-order chi connectivity index (χ1) is 8.24. The van der Waals surface area contributed by atoms with Gasteiger partial charge in [-0.15, -0.1) is 0 Å². The topological polar surface area (TPSA) is 53.1 Å². The Morgan fingerprint density at radius 1 is 1.47 bits per heavy atom. The largest absolute Gasteiger partial charge is 0.481 e. The van der Waals surface area contributed by atoms with Gasteiger partial charge >= 0.3 is 0 Å². The average Bonchev–Trinajstić information content (AvgIpc) is 2.71. The molecule has 17 heavy (non-hydrogen) atoms. The van der Waals surface area contributed by atoms with Crippen molar-refractivity contribution in [2.24, 2.45) is 5.73 Å². The minimum atomic E-state index is 0.432. The van der Waals surface area contributed by atoms with Gasteiger partial charge in [0.1, 0.15) is 0 Å². The molecule has 0 radical (unpaired) electrons. The van der Waals surface area contributed by atoms with Crippen LogP contribution in [-0.2, 0) is 13.1 Å². The monoisotopic (exact) mass is 295 g/mol. The number of nitrogens with two attached hydrogens (primary N) is 1. The maximum absolute atomic E-state index is 5.62. The molecule has 0 fully saturated rings. The number of hydrogen-bond donors (Lipinski definition) is 1. The Kier molecular flexibility index (Phi) is 3.81. The Labute approximate surface area is 109 Å². The second-order valence-electron chi connectivity index (χ2n) is 3.67. The molecule has 2 N–H and O–H groups in total. The fourth-order valence-corrected chi connectivity index (χ4v) is 2.16. The predicted octanol–water partition coefficient (Wildman–Crippen LogP) is 2.16. The van der Waals surface area contributed by atoms with Crippen LogP contribution in [0.4, 0.5) is 0 Å². The van der Waals surface area contributed by atoms with Gasteiger partial charge in [0.25, 0.3) is 0 Å². The van der Waals surface area contributed by atoms with Crippen molar-refractivity contribution in [2.75, 3.05) is 7.11 Å². The molecule has 1 heterocycles. The molecule has 1 aromatic carbocycles. The van der Waals surface area contributed by atoms with Gasteiger partial charge in [0.15, 0.2) is 0 Å². The first kappa shape index (κ1) is 12.1. The van der Waals surface area contributed by atoms with Crippen molar-refractivity contribution in [3.05, 3.63) is 46.1 Å². The molecule has 0 saturated heterocycles. The third kappa shape index (κ3) is 2.68. The van der Waals surface area contributed by atoms with Crippen LogP contribution in [0.25, 0.3) is 0 Å². The highest BCUT2D eigenvalue weighted by Crippen LogP contribution is 2.19. The second-order valence-corrected chi connectivity index (χ2v) is 4.59. The first-order valence-corrected chi connectivity index (χ1v) is 6.07. The zero-order valence-corrected chi connectivity index (χ0v) is 11.1. The smallest absolute Gasteiger partial charge is 0.216 e. The molecule has 2 aromatic rings. The third-order valence-corrected chi connectivity index (χ3v) is 2.99. The third-order valence-electron chi connectivity index (χ3n) is 2.50. The molecular weight excluding hydrogens is 282 g/mol. The normalized spacial score (nSPS) is 10.5. The molecule has 0 saturated carbocycles. The van der Waals surface area contributed by atoms with E-state index in [-0.39, 0.29) is 0 Å². The Hall–Kier alpha value is -1.33. The van der Waals surface area contributed by atoms with Gasteiger partial charge in [-0.25, -0.2) is 4.68 Å². The Balaban J connectivity index is 2.27. The van der Waals surface area contributed by atoms with Crippen LogP contribution in [0.5, 0.6) is 5.88 Å². The van der Waals surface area contributed by atoms with Crippen molar-refractivity contribution >= 4 is 15.9 Å². The van der Waals surface area contributed by atoms with E-state index in [1.54, 1.807) is 13.3 Å². The van der Waals surface area contributed by atoms with Crippen molar-refractivity contribution in [3.8, 4) is 5.88 Å². The average molecular weight is 296 g/mol. The Morgan fingerprint density at radius 3 is 2.94 bits per heavy atom. The van der Waals surface area contributed by atoms with E-state index in [0.717, 1.165) is 21.5 Å². The van der Waals surface area contributed by atoms with E-state index in [2.05, 4.69) is 27.1 Å². The molecule has 0 amide bonds. The minimum absolute atomic E-state index is 0.432. The van der Waals surface area contributed by atoms with Gasteiger partial charge < -0.3 is 10.5 Å². The molecule has 0 aliphatic carbocycles. The first-order valence-electron chi connectivity index (χ1n) is 5.27. The number of ether oxygens (including phenoxy) is 1. The maximum Gasteiger partial charge on any atom is 0.216 e. The van der Waals surface area contributed by atoms with Gasteiger partial charge in [-0.2, -0.15) is 5.10 Å². The molecule has 2 rings (SSSR count). The van der Waals surface area contributed by atoms with Crippen LogP contribution in [0, 0.1) is 0 Å². The molecule has 90 valence electrons. The van der Waals surface area contributed by atoms with E-state index >= 15 is 0 Å². The summed E-state index contributed by atoms with van der Waals surface area (Å²) in [4.78, 5) is 0. The maximum atomic E-state index is 5.62. The number of benzene rings is 1. The van der Waals surface area contributed by atoms with E-state index < -0.39 is 0 Å². The highest BCUT2D eigenvalue weighted by molar-refractivity contribution is 9.10. The number of aromatic nitrogens is 2. The molecule has 0 aliphatic heterocycles. The van der Waals surface area contributed by atoms with Crippen LogP contribution in [0.1, 0.15) is 11.1 Å². The number of methoxy groups -OCH3 is 1. The molecular formula is C12H14BrN3O. The SMILES string of the molecule is COc1c(CN)cnn1Cc1cccc(Br)c1. The van der Waals surface area contributed by atoms with E-state index in [9.17, 15) is 0 Å². The molecule has 0 aliphatic rings. The summed E-state index contributed by atoms with van der Waals surface area (Å²) in [7, 11) is 1.63. The van der Waals surface area contributed by atoms with Gasteiger partial charge in [0, 0.05) is 16.6 Å². The van der Waals surface area contributed by atoms with Crippen LogP contribution in [0.15, 0.2) is 34.9 Å². The van der Waals surface area contributed by atoms with Crippen molar-refractivity contribution < 1.29 is 4.74 Å². The molecule has 5 heteroatoms. The zero-order chi connectivity index (χ0) is 12.3. The molecule has 1 aromatic heterocycles. The highest BCUT2D eigenvalue weighted by atomic mass is 79.9. The lowest BCUT2D eigenvalue weighted by atomic mass is 10.2. The highest BCUT2D eigenvalue weighted by Gasteiger charge is 2.10. The number of nitrogens with zero attached hydrogens (tertiary/aromatic N) is 2. The van der Waals surface area contributed by atoms with E-state index in [4.69, 9.17) is 10.5 Å². The summed E-state index contributed by atoms with van der Waals surface area (Å²) >= 11 is 3.45. The summed E-state index contributed by atoms with van der Waals surface area (Å²) < 4.78 is 8.18. The summed E-state index contributed by atoms with van der Waals surface area (Å²) in [6, 6.07) is 8.10. The fraction of sp³-hybridized carbons (Fsp3) is 0.250. The Morgan fingerprint density at radius 2 is 2.29 bits per heavy atom. The van der Waals surface area contributed by atoms with Crippen molar-refractivity contribution in [3.63, 3.8) is 0 Å². The zero-order valence-electron chi connectivity index (χ0n) is 9.56. The van der Waals surface area contributed by atoms with Gasteiger partial charge in [-0.1, -0.05) is 28.1 Å². The van der Waals surface area contributed by atoms with Crippen LogP contribution >= 0.6 is 15.9 Å². The number of rotatable bonds is 4. The summed E-state index contributed by atoms with van der Waals surface area (Å²) in [5.41, 5.74) is 7.69. The molecule has 4 nitrogen and oxygen atoms in total. The van der Waals surface area contributed by atoms with Gasteiger partial charge in [-0.3, -0.25) is 0 Å². The molecule has 0 spiro atoms. The predicted molar refractivity (Wildman–Crippen MR) is 69.9 cm³/mol. The lowest BCUT2D eigenvalue weighted by Gasteiger charge is -2.08. The van der Waals surface area contributed by atoms with Crippen LogP contribution < -0.4 is 10.5 Å². The second kappa shape index (κ2) is 5.33. The summed E-state index contributed by atoms with van der Waals surface area (Å²) in [6.07, 6.45) is 1.75. The van der Waals surface area contributed by atoms with Gasteiger partial charge in [0.2, 0.25) is 5.88 Å². The summed E-state index contributed by atoms with van der Waals surface area (Å²) in [5, 5.41) is 4.28. The van der Waals surface area contributed by atoms with Crippen molar-refractivity contribution in [1.82, 2.24) is 9.78 Å². The van der Waals surface area contributed by atoms with Crippen LogP contribution in [0.2, 0.25) is 0 Å². The lowest BCUT2D eigenvalue weighted by molar-refractivity contribution is 0.363. The fourth-order valence-electron chi connectivity index (χ4n) is 1.71. The van der Waals surface area contributed by atoms with E-state index in [0.29, 0.717) is 13.1 Å². The minimum Gasteiger partial charge on any atom is -0.481 e. The Bertz CT molecular complexity index is 510. The number of halogens is 1. The summed E-state index contributed by atoms with van der Waals surface area (Å²) in [5.74, 6) is 0.729. The van der Waals surface area contributed by atoms with Gasteiger partial charge in [0.05, 0.1) is 19.9 Å².